The standard InChI is InChI=1S/C10H7ClN4O/c1-16-9-3-7-6(2-5(9)11)15-10(13)8(4-12)14-7/h2-3H,1H3,(H2,13,15). The van der Waals surface area contributed by atoms with E-state index in [9.17, 15) is 0 Å². The van der Waals surface area contributed by atoms with Gasteiger partial charge in [-0.05, 0) is 6.07 Å². The first-order valence-electron chi connectivity index (χ1n) is 4.36. The minimum atomic E-state index is 0.0937. The van der Waals surface area contributed by atoms with E-state index in [2.05, 4.69) is 9.97 Å². The molecule has 0 aliphatic heterocycles. The topological polar surface area (TPSA) is 84.8 Å². The Morgan fingerprint density at radius 2 is 2.06 bits per heavy atom. The first-order chi connectivity index (χ1) is 7.65. The van der Waals surface area contributed by atoms with Gasteiger partial charge in [-0.25, -0.2) is 9.97 Å². The SMILES string of the molecule is COc1cc2nc(C#N)c(N)nc2cc1Cl. The lowest BCUT2D eigenvalue weighted by atomic mass is 10.2. The molecule has 80 valence electrons. The van der Waals surface area contributed by atoms with E-state index in [1.54, 1.807) is 12.1 Å². The van der Waals surface area contributed by atoms with E-state index < -0.39 is 0 Å². The molecule has 2 aromatic rings. The molecular weight excluding hydrogens is 228 g/mol. The van der Waals surface area contributed by atoms with Crippen molar-refractivity contribution in [1.82, 2.24) is 9.97 Å². The Balaban J connectivity index is 2.78. The number of hydrogen-bond donors (Lipinski definition) is 1. The van der Waals surface area contributed by atoms with Crippen molar-refractivity contribution in [3.05, 3.63) is 22.8 Å². The highest BCUT2D eigenvalue weighted by molar-refractivity contribution is 6.32. The minimum Gasteiger partial charge on any atom is -0.495 e. The Morgan fingerprint density at radius 1 is 1.38 bits per heavy atom. The zero-order valence-electron chi connectivity index (χ0n) is 8.36. The van der Waals surface area contributed by atoms with Crippen molar-refractivity contribution in [3.8, 4) is 11.8 Å². The molecule has 1 aromatic carbocycles. The number of ether oxygens (including phenoxy) is 1. The van der Waals surface area contributed by atoms with Gasteiger partial charge in [-0.1, -0.05) is 11.6 Å². The van der Waals surface area contributed by atoms with Crippen molar-refractivity contribution in [2.45, 2.75) is 0 Å². The Bertz CT molecular complexity index is 606. The Labute approximate surface area is 96.4 Å². The molecule has 1 aromatic heterocycles. The van der Waals surface area contributed by atoms with Crippen LogP contribution in [0.1, 0.15) is 5.69 Å². The first-order valence-corrected chi connectivity index (χ1v) is 4.74. The maximum atomic E-state index is 8.77. The van der Waals surface area contributed by atoms with Crippen molar-refractivity contribution >= 4 is 28.5 Å². The molecule has 5 nitrogen and oxygen atoms in total. The molecule has 0 atom stereocenters. The highest BCUT2D eigenvalue weighted by Crippen LogP contribution is 2.28. The predicted molar refractivity (Wildman–Crippen MR) is 60.2 cm³/mol. The number of halogens is 1. The van der Waals surface area contributed by atoms with E-state index in [4.69, 9.17) is 27.3 Å². The maximum absolute atomic E-state index is 8.77. The predicted octanol–water partition coefficient (Wildman–Crippen LogP) is 1.75. The molecular formula is C10H7ClN4O. The van der Waals surface area contributed by atoms with E-state index >= 15 is 0 Å². The summed E-state index contributed by atoms with van der Waals surface area (Å²) < 4.78 is 5.04. The van der Waals surface area contributed by atoms with Crippen LogP contribution in [0.3, 0.4) is 0 Å². The van der Waals surface area contributed by atoms with Gasteiger partial charge in [0.25, 0.3) is 0 Å². The third-order valence-corrected chi connectivity index (χ3v) is 2.37. The lowest BCUT2D eigenvalue weighted by Crippen LogP contribution is -1.99. The van der Waals surface area contributed by atoms with Crippen LogP contribution < -0.4 is 10.5 Å². The zero-order valence-corrected chi connectivity index (χ0v) is 9.12. The van der Waals surface area contributed by atoms with Crippen LogP contribution in [0.15, 0.2) is 12.1 Å². The largest absolute Gasteiger partial charge is 0.495 e. The van der Waals surface area contributed by atoms with Gasteiger partial charge in [-0.3, -0.25) is 0 Å². The molecule has 16 heavy (non-hydrogen) atoms. The maximum Gasteiger partial charge on any atom is 0.183 e. The molecule has 2 N–H and O–H groups in total. The number of methoxy groups -OCH3 is 1. The summed E-state index contributed by atoms with van der Waals surface area (Å²) >= 11 is 5.93. The molecule has 1 heterocycles. The third-order valence-electron chi connectivity index (χ3n) is 2.07. The normalized spacial score (nSPS) is 10.1. The minimum absolute atomic E-state index is 0.0937. The second kappa shape index (κ2) is 3.83. The molecule has 0 saturated carbocycles. The van der Waals surface area contributed by atoms with Crippen LogP contribution in [0, 0.1) is 11.3 Å². The van der Waals surface area contributed by atoms with Gasteiger partial charge in [0.2, 0.25) is 0 Å². The van der Waals surface area contributed by atoms with Gasteiger partial charge in [0.1, 0.15) is 11.8 Å². The monoisotopic (exact) mass is 234 g/mol. The molecule has 0 aliphatic carbocycles. The smallest absolute Gasteiger partial charge is 0.183 e. The molecule has 0 aliphatic rings. The van der Waals surface area contributed by atoms with E-state index in [0.717, 1.165) is 0 Å². The van der Waals surface area contributed by atoms with E-state index in [0.29, 0.717) is 21.8 Å². The number of aromatic nitrogens is 2. The highest BCUT2D eigenvalue weighted by atomic mass is 35.5. The van der Waals surface area contributed by atoms with Crippen LogP contribution in [0.5, 0.6) is 5.75 Å². The van der Waals surface area contributed by atoms with Gasteiger partial charge in [-0.15, -0.1) is 0 Å². The van der Waals surface area contributed by atoms with Gasteiger partial charge in [0, 0.05) is 6.07 Å². The summed E-state index contributed by atoms with van der Waals surface area (Å²) in [6, 6.07) is 5.08. The summed E-state index contributed by atoms with van der Waals surface area (Å²) in [6.07, 6.45) is 0. The number of hydrogen-bond acceptors (Lipinski definition) is 5. The van der Waals surface area contributed by atoms with E-state index in [1.165, 1.54) is 7.11 Å². The lowest BCUT2D eigenvalue weighted by molar-refractivity contribution is 0.415. The van der Waals surface area contributed by atoms with Crippen LogP contribution in [0.25, 0.3) is 11.0 Å². The molecule has 6 heteroatoms. The average Bonchev–Trinajstić information content (AvgIpc) is 2.27. The molecule has 0 unspecified atom stereocenters. The summed E-state index contributed by atoms with van der Waals surface area (Å²) in [4.78, 5) is 8.09. The molecule has 0 fully saturated rings. The summed E-state index contributed by atoms with van der Waals surface area (Å²) in [6.45, 7) is 0. The van der Waals surface area contributed by atoms with Gasteiger partial charge >= 0.3 is 0 Å². The number of nitrogens with zero attached hydrogens (tertiary/aromatic N) is 3. The van der Waals surface area contributed by atoms with Crippen LogP contribution in [0.2, 0.25) is 5.02 Å². The number of anilines is 1. The molecule has 0 spiro atoms. The summed E-state index contributed by atoms with van der Waals surface area (Å²) in [5.41, 5.74) is 6.69. The van der Waals surface area contributed by atoms with Crippen LogP contribution in [-0.2, 0) is 0 Å². The van der Waals surface area contributed by atoms with Crippen molar-refractivity contribution < 1.29 is 4.74 Å². The number of nitrogens with two attached hydrogens (primary N) is 1. The van der Waals surface area contributed by atoms with Crippen molar-refractivity contribution in [2.24, 2.45) is 0 Å². The molecule has 0 amide bonds. The van der Waals surface area contributed by atoms with E-state index in [-0.39, 0.29) is 11.5 Å². The Hall–Kier alpha value is -2.06. The first kappa shape index (κ1) is 10.5. The Morgan fingerprint density at radius 3 is 2.69 bits per heavy atom. The van der Waals surface area contributed by atoms with E-state index in [1.807, 2.05) is 6.07 Å². The number of nitrogen functional groups attached to an aromatic ring is 1. The van der Waals surface area contributed by atoms with Gasteiger partial charge in [-0.2, -0.15) is 5.26 Å². The fraction of sp³-hybridized carbons (Fsp3) is 0.100. The molecule has 2 rings (SSSR count). The fourth-order valence-electron chi connectivity index (χ4n) is 1.31. The number of nitriles is 1. The average molecular weight is 235 g/mol. The second-order valence-corrected chi connectivity index (χ2v) is 3.45. The van der Waals surface area contributed by atoms with Crippen molar-refractivity contribution in [1.29, 1.82) is 5.26 Å². The van der Waals surface area contributed by atoms with Gasteiger partial charge in [0.05, 0.1) is 23.2 Å². The fourth-order valence-corrected chi connectivity index (χ4v) is 1.55. The molecule has 0 saturated heterocycles. The van der Waals surface area contributed by atoms with Crippen LogP contribution in [0.4, 0.5) is 5.82 Å². The number of benzene rings is 1. The van der Waals surface area contributed by atoms with Crippen molar-refractivity contribution in [3.63, 3.8) is 0 Å². The summed E-state index contributed by atoms with van der Waals surface area (Å²) in [7, 11) is 1.50. The Kier molecular flexibility index (Phi) is 2.50. The van der Waals surface area contributed by atoms with Gasteiger partial charge < -0.3 is 10.5 Å². The summed E-state index contributed by atoms with van der Waals surface area (Å²) in [5, 5.41) is 9.19. The highest BCUT2D eigenvalue weighted by Gasteiger charge is 2.09. The quantitative estimate of drug-likeness (QED) is 0.812. The third kappa shape index (κ3) is 1.59. The number of rotatable bonds is 1. The number of fused-ring (bicyclic) bond motifs is 1. The second-order valence-electron chi connectivity index (χ2n) is 3.04. The van der Waals surface area contributed by atoms with Crippen molar-refractivity contribution in [2.75, 3.05) is 12.8 Å². The molecule has 0 radical (unpaired) electrons. The summed E-state index contributed by atoms with van der Waals surface area (Å²) in [5.74, 6) is 0.577. The zero-order chi connectivity index (χ0) is 11.7. The van der Waals surface area contributed by atoms with Crippen LogP contribution in [-0.4, -0.2) is 17.1 Å². The van der Waals surface area contributed by atoms with Crippen LogP contribution >= 0.6 is 11.6 Å². The molecule has 0 bridgehead atoms. The lowest BCUT2D eigenvalue weighted by Gasteiger charge is -2.05. The van der Waals surface area contributed by atoms with Gasteiger partial charge in [0.15, 0.2) is 11.5 Å².